The van der Waals surface area contributed by atoms with Crippen LogP contribution in [0.1, 0.15) is 22.9 Å². The quantitative estimate of drug-likeness (QED) is 0.824. The summed E-state index contributed by atoms with van der Waals surface area (Å²) < 4.78 is 5.24. The van der Waals surface area contributed by atoms with E-state index >= 15 is 0 Å². The number of aryl methyl sites for hydroxylation is 1. The first kappa shape index (κ1) is 17.0. The van der Waals surface area contributed by atoms with Crippen molar-refractivity contribution in [3.8, 4) is 6.07 Å². The fraction of sp³-hybridized carbons (Fsp3) is 0.167. The van der Waals surface area contributed by atoms with Crippen molar-refractivity contribution >= 4 is 11.9 Å². The fourth-order valence-electron chi connectivity index (χ4n) is 2.16. The molecule has 0 radical (unpaired) electrons. The average molecular weight is 324 g/mol. The number of nitrogens with zero attached hydrogens (tertiary/aromatic N) is 2. The van der Waals surface area contributed by atoms with Crippen LogP contribution in [0.2, 0.25) is 0 Å². The number of aliphatic carboxylic acids is 1. The van der Waals surface area contributed by atoms with E-state index in [1.54, 1.807) is 12.1 Å². The summed E-state index contributed by atoms with van der Waals surface area (Å²) in [6.07, 6.45) is 3.10. The molecular weight excluding hydrogens is 308 g/mol. The Balaban J connectivity index is 2.33. The first-order valence-corrected chi connectivity index (χ1v) is 7.21. The summed E-state index contributed by atoms with van der Waals surface area (Å²) in [5.41, 5.74) is 1.90. The number of carbonyl (C=O) groups excluding carboxylic acids is 1. The molecular formula is C18H16N2O4. The number of amides is 1. The molecule has 1 aromatic carbocycles. The molecule has 1 heterocycles. The number of carbonyl (C=O) groups is 2. The van der Waals surface area contributed by atoms with Crippen molar-refractivity contribution in [1.29, 1.82) is 5.26 Å². The van der Waals surface area contributed by atoms with Gasteiger partial charge >= 0.3 is 5.97 Å². The van der Waals surface area contributed by atoms with Crippen molar-refractivity contribution in [2.75, 3.05) is 0 Å². The van der Waals surface area contributed by atoms with Gasteiger partial charge in [-0.15, -0.1) is 0 Å². The van der Waals surface area contributed by atoms with Crippen molar-refractivity contribution in [3.05, 3.63) is 71.7 Å². The van der Waals surface area contributed by atoms with Crippen LogP contribution in [-0.2, 0) is 16.1 Å². The predicted octanol–water partition coefficient (Wildman–Crippen LogP) is 2.82. The third-order valence-corrected chi connectivity index (χ3v) is 3.37. The average Bonchev–Trinajstić information content (AvgIpc) is 3.08. The van der Waals surface area contributed by atoms with Crippen molar-refractivity contribution in [2.45, 2.75) is 19.5 Å². The van der Waals surface area contributed by atoms with Gasteiger partial charge in [0.25, 0.3) is 0 Å². The topological polar surface area (TPSA) is 94.5 Å². The largest absolute Gasteiger partial charge is 0.478 e. The van der Waals surface area contributed by atoms with E-state index < -0.39 is 17.9 Å². The summed E-state index contributed by atoms with van der Waals surface area (Å²) >= 11 is 0. The van der Waals surface area contributed by atoms with Gasteiger partial charge in [-0.2, -0.15) is 5.26 Å². The molecule has 0 aliphatic heterocycles. The third-order valence-electron chi connectivity index (χ3n) is 3.37. The van der Waals surface area contributed by atoms with E-state index in [4.69, 9.17) is 9.52 Å². The minimum atomic E-state index is -1.23. The lowest BCUT2D eigenvalue weighted by molar-refractivity contribution is -0.132. The highest BCUT2D eigenvalue weighted by Crippen LogP contribution is 2.23. The SMILES string of the molecule is Cc1ccc(CN(C(=O)/C=C/C(=O)O)C(C#N)c2ccco2)cc1. The maximum atomic E-state index is 12.4. The Morgan fingerprint density at radius 1 is 1.29 bits per heavy atom. The number of hydrogen-bond donors (Lipinski definition) is 1. The molecule has 1 unspecified atom stereocenters. The summed E-state index contributed by atoms with van der Waals surface area (Å²) in [7, 11) is 0. The Bertz CT molecular complexity index is 770. The Morgan fingerprint density at radius 3 is 2.54 bits per heavy atom. The van der Waals surface area contributed by atoms with Crippen molar-refractivity contribution < 1.29 is 19.1 Å². The van der Waals surface area contributed by atoms with Crippen molar-refractivity contribution in [3.63, 3.8) is 0 Å². The van der Waals surface area contributed by atoms with Crippen LogP contribution >= 0.6 is 0 Å². The van der Waals surface area contributed by atoms with Gasteiger partial charge in [0.2, 0.25) is 5.91 Å². The number of nitriles is 1. The molecule has 0 saturated carbocycles. The Hall–Kier alpha value is -3.33. The number of benzene rings is 1. The van der Waals surface area contributed by atoms with Crippen LogP contribution < -0.4 is 0 Å². The first-order valence-electron chi connectivity index (χ1n) is 7.21. The lowest BCUT2D eigenvalue weighted by Crippen LogP contribution is -2.32. The molecule has 0 saturated heterocycles. The van der Waals surface area contributed by atoms with E-state index in [-0.39, 0.29) is 6.54 Å². The van der Waals surface area contributed by atoms with Crippen LogP contribution in [0.4, 0.5) is 0 Å². The highest BCUT2D eigenvalue weighted by Gasteiger charge is 2.26. The van der Waals surface area contributed by atoms with Gasteiger partial charge in [-0.3, -0.25) is 4.79 Å². The maximum absolute atomic E-state index is 12.4. The molecule has 2 rings (SSSR count). The van der Waals surface area contributed by atoms with Crippen LogP contribution in [-0.4, -0.2) is 21.9 Å². The molecule has 0 fully saturated rings. The standard InChI is InChI=1S/C18H16N2O4/c1-13-4-6-14(7-5-13)12-20(17(21)8-9-18(22)23)15(11-19)16-3-2-10-24-16/h2-10,15H,12H2,1H3,(H,22,23)/b9-8+. The minimum absolute atomic E-state index is 0.155. The van der Waals surface area contributed by atoms with E-state index in [1.807, 2.05) is 37.3 Å². The van der Waals surface area contributed by atoms with Crippen LogP contribution in [0.15, 0.2) is 59.2 Å². The number of carboxylic acid groups (broad SMARTS) is 1. The van der Waals surface area contributed by atoms with Gasteiger partial charge < -0.3 is 14.4 Å². The molecule has 1 N–H and O–H groups in total. The second-order valence-corrected chi connectivity index (χ2v) is 5.17. The molecule has 122 valence electrons. The van der Waals surface area contributed by atoms with Gasteiger partial charge in [-0.1, -0.05) is 29.8 Å². The van der Waals surface area contributed by atoms with E-state index in [0.29, 0.717) is 5.76 Å². The molecule has 1 atom stereocenters. The number of rotatable bonds is 6. The number of furan rings is 1. The molecule has 1 amide bonds. The smallest absolute Gasteiger partial charge is 0.328 e. The van der Waals surface area contributed by atoms with Gasteiger partial charge in [0.1, 0.15) is 5.76 Å². The first-order chi connectivity index (χ1) is 11.5. The summed E-state index contributed by atoms with van der Waals surface area (Å²) in [6.45, 7) is 2.10. The normalized spacial score (nSPS) is 11.8. The second-order valence-electron chi connectivity index (χ2n) is 5.17. The van der Waals surface area contributed by atoms with E-state index in [2.05, 4.69) is 0 Å². The molecule has 0 aliphatic carbocycles. The molecule has 0 bridgehead atoms. The zero-order valence-corrected chi connectivity index (χ0v) is 13.0. The monoisotopic (exact) mass is 324 g/mol. The summed E-state index contributed by atoms with van der Waals surface area (Å²) in [4.78, 5) is 24.3. The zero-order valence-electron chi connectivity index (χ0n) is 13.0. The zero-order chi connectivity index (χ0) is 17.5. The lowest BCUT2D eigenvalue weighted by atomic mass is 10.1. The lowest BCUT2D eigenvalue weighted by Gasteiger charge is -2.25. The second kappa shape index (κ2) is 7.79. The Morgan fingerprint density at radius 2 is 2.00 bits per heavy atom. The van der Waals surface area contributed by atoms with Crippen LogP contribution in [0.5, 0.6) is 0 Å². The van der Waals surface area contributed by atoms with E-state index in [1.165, 1.54) is 11.2 Å². The van der Waals surface area contributed by atoms with Gasteiger partial charge in [-0.25, -0.2) is 4.79 Å². The molecule has 1 aromatic heterocycles. The fourth-order valence-corrected chi connectivity index (χ4v) is 2.16. The predicted molar refractivity (Wildman–Crippen MR) is 85.6 cm³/mol. The molecule has 0 spiro atoms. The van der Waals surface area contributed by atoms with Gasteiger partial charge in [0, 0.05) is 18.7 Å². The minimum Gasteiger partial charge on any atom is -0.478 e. The van der Waals surface area contributed by atoms with Crippen LogP contribution in [0.3, 0.4) is 0 Å². The van der Waals surface area contributed by atoms with Crippen LogP contribution in [0, 0.1) is 18.3 Å². The summed E-state index contributed by atoms with van der Waals surface area (Å²) in [6, 6.07) is 11.8. The van der Waals surface area contributed by atoms with Gasteiger partial charge in [0.15, 0.2) is 6.04 Å². The molecule has 2 aromatic rings. The highest BCUT2D eigenvalue weighted by atomic mass is 16.4. The molecule has 24 heavy (non-hydrogen) atoms. The third kappa shape index (κ3) is 4.34. The molecule has 6 heteroatoms. The van der Waals surface area contributed by atoms with Crippen molar-refractivity contribution in [1.82, 2.24) is 4.90 Å². The van der Waals surface area contributed by atoms with Crippen molar-refractivity contribution in [2.24, 2.45) is 0 Å². The maximum Gasteiger partial charge on any atom is 0.328 e. The Kier molecular flexibility index (Phi) is 5.53. The van der Waals surface area contributed by atoms with Gasteiger partial charge in [0.05, 0.1) is 12.3 Å². The van der Waals surface area contributed by atoms with E-state index in [0.717, 1.165) is 23.3 Å². The summed E-state index contributed by atoms with van der Waals surface area (Å²) in [5, 5.41) is 18.2. The van der Waals surface area contributed by atoms with E-state index in [9.17, 15) is 14.9 Å². The molecule has 6 nitrogen and oxygen atoms in total. The number of carboxylic acids is 1. The van der Waals surface area contributed by atoms with Gasteiger partial charge in [-0.05, 0) is 24.6 Å². The molecule has 0 aliphatic rings. The summed E-state index contributed by atoms with van der Waals surface area (Å²) in [5.74, 6) is -1.49. The van der Waals surface area contributed by atoms with Crippen LogP contribution in [0.25, 0.3) is 0 Å². The number of hydrogen-bond acceptors (Lipinski definition) is 4. The highest BCUT2D eigenvalue weighted by molar-refractivity contribution is 5.94. The Labute approximate surface area is 139 Å².